The van der Waals surface area contributed by atoms with Crippen LogP contribution in [-0.2, 0) is 21.5 Å². The van der Waals surface area contributed by atoms with Gasteiger partial charge in [0.1, 0.15) is 17.3 Å². The van der Waals surface area contributed by atoms with Crippen molar-refractivity contribution in [2.24, 2.45) is 0 Å². The van der Waals surface area contributed by atoms with E-state index in [4.69, 9.17) is 23.2 Å². The monoisotopic (exact) mass is 646 g/mol. The molecule has 4 heterocycles. The predicted molar refractivity (Wildman–Crippen MR) is 164 cm³/mol. The van der Waals surface area contributed by atoms with Gasteiger partial charge in [0.25, 0.3) is 11.8 Å². The van der Waals surface area contributed by atoms with Crippen LogP contribution in [-0.4, -0.2) is 71.9 Å². The number of nitriles is 1. The Morgan fingerprint density at radius 3 is 2.60 bits per heavy atom. The molecular formula is C30H28Cl2N10O3. The molecule has 0 saturated carbocycles. The lowest BCUT2D eigenvalue weighted by Crippen LogP contribution is -2.50. The second-order valence-electron chi connectivity index (χ2n) is 11.4. The first-order valence-electron chi connectivity index (χ1n) is 14.3. The highest BCUT2D eigenvalue weighted by atomic mass is 35.5. The van der Waals surface area contributed by atoms with Crippen LogP contribution in [0.15, 0.2) is 48.7 Å². The van der Waals surface area contributed by atoms with Gasteiger partial charge in [0.15, 0.2) is 5.82 Å². The van der Waals surface area contributed by atoms with E-state index in [1.54, 1.807) is 65.8 Å². The molecule has 3 amide bonds. The van der Waals surface area contributed by atoms with Crippen LogP contribution in [0.3, 0.4) is 0 Å². The van der Waals surface area contributed by atoms with Crippen molar-refractivity contribution in [3.8, 4) is 6.07 Å². The molecule has 2 aliphatic heterocycles. The largest absolute Gasteiger partial charge is 0.340 e. The Balaban J connectivity index is 1.30. The zero-order valence-electron chi connectivity index (χ0n) is 24.4. The molecule has 2 aliphatic rings. The standard InChI is InChI=1S/C30H28Cl2N10O3/c1-17(27(44)40-9-3-4-20(16-40)25-36-38-39-37-25)35-26(43)24-15-34-29-41(23-11-21(31)10-22(32)12-23)28(45)30(2,42(24)29)13-18-5-7-19(14-33)8-6-18/h5-8,10-12,15,17,20H,3-4,9,13,16H2,1-2H3,(H,35,43)(H,36,37,38,39)/t17-,20-,30-/m1/s1. The summed E-state index contributed by atoms with van der Waals surface area (Å²) in [5.41, 5.74) is 0.444. The number of nitrogens with zero attached hydrogens (tertiary/aromatic N) is 8. The van der Waals surface area contributed by atoms with Crippen LogP contribution in [0, 0.1) is 11.3 Å². The van der Waals surface area contributed by atoms with Crippen molar-refractivity contribution in [3.63, 3.8) is 0 Å². The SMILES string of the molecule is C[C@@H](NC(=O)c1cnc2n1[C@](C)(Cc1ccc(C#N)cc1)C(=O)N2c1cc(Cl)cc(Cl)c1)C(=O)N1CCC[C@@H](c2nn[nH]n2)C1. The maximum atomic E-state index is 14.3. The third kappa shape index (κ3) is 5.63. The van der Waals surface area contributed by atoms with E-state index in [0.29, 0.717) is 40.2 Å². The van der Waals surface area contributed by atoms with E-state index in [9.17, 15) is 19.6 Å². The number of nitrogens with one attached hydrogen (secondary N) is 2. The molecule has 2 aromatic carbocycles. The van der Waals surface area contributed by atoms with Crippen molar-refractivity contribution in [3.05, 3.63) is 81.4 Å². The summed E-state index contributed by atoms with van der Waals surface area (Å²) in [6, 6.07) is 12.9. The fourth-order valence-corrected chi connectivity index (χ4v) is 6.58. The number of tetrazole rings is 1. The van der Waals surface area contributed by atoms with Crippen LogP contribution >= 0.6 is 23.2 Å². The summed E-state index contributed by atoms with van der Waals surface area (Å²) in [7, 11) is 0. The average molecular weight is 648 g/mol. The van der Waals surface area contributed by atoms with Crippen molar-refractivity contribution in [2.45, 2.75) is 50.6 Å². The number of anilines is 2. The highest BCUT2D eigenvalue weighted by Gasteiger charge is 2.51. The highest BCUT2D eigenvalue weighted by Crippen LogP contribution is 2.43. The van der Waals surface area contributed by atoms with Gasteiger partial charge in [-0.15, -0.1) is 10.2 Å². The second-order valence-corrected chi connectivity index (χ2v) is 12.3. The number of piperidine rings is 1. The summed E-state index contributed by atoms with van der Waals surface area (Å²) in [5.74, 6) is -0.460. The topological polar surface area (TPSA) is 166 Å². The van der Waals surface area contributed by atoms with Gasteiger partial charge in [0.05, 0.1) is 23.5 Å². The fraction of sp³-hybridized carbons (Fsp3) is 0.333. The Kier molecular flexibility index (Phi) is 8.03. The number of fused-ring (bicyclic) bond motifs is 1. The van der Waals surface area contributed by atoms with Gasteiger partial charge in [-0.05, 0) is 62.6 Å². The second kappa shape index (κ2) is 11.9. The van der Waals surface area contributed by atoms with E-state index in [1.807, 2.05) is 0 Å². The zero-order valence-corrected chi connectivity index (χ0v) is 25.9. The van der Waals surface area contributed by atoms with Gasteiger partial charge in [-0.3, -0.25) is 19.0 Å². The van der Waals surface area contributed by atoms with E-state index in [1.165, 1.54) is 11.1 Å². The molecule has 13 nitrogen and oxygen atoms in total. The van der Waals surface area contributed by atoms with E-state index >= 15 is 0 Å². The molecule has 45 heavy (non-hydrogen) atoms. The molecule has 4 aromatic rings. The van der Waals surface area contributed by atoms with Gasteiger partial charge < -0.3 is 10.2 Å². The van der Waals surface area contributed by atoms with Gasteiger partial charge in [-0.1, -0.05) is 40.5 Å². The number of halogens is 2. The Labute approximate surface area is 268 Å². The summed E-state index contributed by atoms with van der Waals surface area (Å²) in [5, 5.41) is 26.9. The van der Waals surface area contributed by atoms with Crippen molar-refractivity contribution < 1.29 is 14.4 Å². The van der Waals surface area contributed by atoms with Gasteiger partial charge in [0.2, 0.25) is 11.9 Å². The van der Waals surface area contributed by atoms with Crippen molar-refractivity contribution >= 4 is 52.6 Å². The summed E-state index contributed by atoms with van der Waals surface area (Å²) in [4.78, 5) is 49.1. The Hall–Kier alpha value is -4.80. The van der Waals surface area contributed by atoms with Crippen LogP contribution in [0.25, 0.3) is 0 Å². The van der Waals surface area contributed by atoms with E-state index < -0.39 is 17.5 Å². The number of likely N-dealkylation sites (tertiary alicyclic amines) is 1. The molecule has 15 heteroatoms. The molecular weight excluding hydrogens is 619 g/mol. The number of hydrogen-bond acceptors (Lipinski definition) is 8. The molecule has 3 atom stereocenters. The van der Waals surface area contributed by atoms with Gasteiger partial charge in [0, 0.05) is 35.5 Å². The number of hydrogen-bond donors (Lipinski definition) is 2. The molecule has 6 rings (SSSR count). The summed E-state index contributed by atoms with van der Waals surface area (Å²) in [6.07, 6.45) is 3.16. The van der Waals surface area contributed by atoms with Gasteiger partial charge >= 0.3 is 0 Å². The zero-order chi connectivity index (χ0) is 31.9. The summed E-state index contributed by atoms with van der Waals surface area (Å²) in [6.45, 7) is 4.31. The molecule has 230 valence electrons. The minimum Gasteiger partial charge on any atom is -0.340 e. The minimum atomic E-state index is -1.31. The fourth-order valence-electron chi connectivity index (χ4n) is 6.06. The lowest BCUT2D eigenvalue weighted by atomic mass is 9.91. The normalized spacial score (nSPS) is 20.1. The molecule has 0 aliphatic carbocycles. The number of carbonyl (C=O) groups excluding carboxylic acids is 3. The number of imidazole rings is 1. The quantitative estimate of drug-likeness (QED) is 0.306. The maximum absolute atomic E-state index is 14.3. The molecule has 0 radical (unpaired) electrons. The lowest BCUT2D eigenvalue weighted by Gasteiger charge is -2.33. The molecule has 1 fully saturated rings. The molecule has 2 N–H and O–H groups in total. The van der Waals surface area contributed by atoms with Gasteiger partial charge in [-0.25, -0.2) is 9.88 Å². The predicted octanol–water partition coefficient (Wildman–Crippen LogP) is 3.74. The summed E-state index contributed by atoms with van der Waals surface area (Å²) >= 11 is 12.6. The first-order chi connectivity index (χ1) is 21.6. The van der Waals surface area contributed by atoms with Crippen molar-refractivity contribution in [2.75, 3.05) is 18.0 Å². The van der Waals surface area contributed by atoms with Crippen LogP contribution in [0.2, 0.25) is 10.0 Å². The minimum absolute atomic E-state index is 0.0534. The number of rotatable bonds is 7. The molecule has 0 unspecified atom stereocenters. The van der Waals surface area contributed by atoms with E-state index in [0.717, 1.165) is 18.4 Å². The molecule has 0 spiro atoms. The van der Waals surface area contributed by atoms with Gasteiger partial charge in [-0.2, -0.15) is 10.5 Å². The third-order valence-electron chi connectivity index (χ3n) is 8.25. The van der Waals surface area contributed by atoms with Crippen LogP contribution in [0.1, 0.15) is 60.0 Å². The number of carbonyl (C=O) groups is 3. The lowest BCUT2D eigenvalue weighted by molar-refractivity contribution is -0.134. The smallest absolute Gasteiger partial charge is 0.270 e. The van der Waals surface area contributed by atoms with Crippen LogP contribution < -0.4 is 10.2 Å². The highest BCUT2D eigenvalue weighted by molar-refractivity contribution is 6.35. The van der Waals surface area contributed by atoms with E-state index in [2.05, 4.69) is 37.0 Å². The number of aromatic nitrogens is 6. The number of aromatic amines is 1. The molecule has 0 bridgehead atoms. The molecule has 1 saturated heterocycles. The number of benzene rings is 2. The van der Waals surface area contributed by atoms with Crippen molar-refractivity contribution in [1.29, 1.82) is 5.26 Å². The number of H-pyrrole nitrogens is 1. The summed E-state index contributed by atoms with van der Waals surface area (Å²) < 4.78 is 1.59. The first-order valence-corrected chi connectivity index (χ1v) is 15.1. The first kappa shape index (κ1) is 30.2. The Morgan fingerprint density at radius 1 is 1.20 bits per heavy atom. The average Bonchev–Trinajstić information content (AvgIpc) is 3.76. The molecule has 2 aromatic heterocycles. The van der Waals surface area contributed by atoms with Crippen LogP contribution in [0.4, 0.5) is 11.6 Å². The van der Waals surface area contributed by atoms with Crippen molar-refractivity contribution in [1.82, 2.24) is 40.4 Å². The van der Waals surface area contributed by atoms with E-state index in [-0.39, 0.29) is 35.8 Å². The Morgan fingerprint density at radius 2 is 1.93 bits per heavy atom. The van der Waals surface area contributed by atoms with Crippen LogP contribution in [0.5, 0.6) is 0 Å². The Bertz CT molecular complexity index is 1800. The third-order valence-corrected chi connectivity index (χ3v) is 8.68. The maximum Gasteiger partial charge on any atom is 0.270 e. The number of amides is 3.